The first kappa shape index (κ1) is 22.8. The van der Waals surface area contributed by atoms with Crippen LogP contribution in [0.4, 0.5) is 8.78 Å². The normalized spacial score (nSPS) is 11.1. The molecule has 1 heterocycles. The number of aryl methyl sites for hydroxylation is 1. The number of para-hydroxylation sites is 1. The topological polar surface area (TPSA) is 76.4 Å². The summed E-state index contributed by atoms with van der Waals surface area (Å²) in [6.45, 7) is 3.73. The molecule has 0 radical (unpaired) electrons. The standard InChI is InChI=1S/C17H22F2N6O.HI/c1-4-9-20-17(22-11-15-24-23-12(2)25(15)3)21-10-13-7-5-6-8-14(13)26-16(18)19;/h4-8,16H,1,9-11H2,2-3H3,(H2,20,21,22);1H. The van der Waals surface area contributed by atoms with E-state index in [-0.39, 0.29) is 36.3 Å². The Kier molecular flexibility index (Phi) is 9.68. The molecule has 1 aromatic heterocycles. The van der Waals surface area contributed by atoms with Gasteiger partial charge in [-0.05, 0) is 13.0 Å². The molecule has 27 heavy (non-hydrogen) atoms. The van der Waals surface area contributed by atoms with Crippen LogP contribution < -0.4 is 15.4 Å². The quantitative estimate of drug-likeness (QED) is 0.257. The fourth-order valence-corrected chi connectivity index (χ4v) is 2.12. The second kappa shape index (κ2) is 11.5. The van der Waals surface area contributed by atoms with Gasteiger partial charge in [0.1, 0.15) is 11.6 Å². The maximum absolute atomic E-state index is 12.5. The molecule has 10 heteroatoms. The Hall–Kier alpha value is -2.24. The first-order chi connectivity index (χ1) is 12.5. The van der Waals surface area contributed by atoms with E-state index < -0.39 is 6.61 Å². The number of rotatable bonds is 8. The number of halogens is 3. The summed E-state index contributed by atoms with van der Waals surface area (Å²) >= 11 is 0. The summed E-state index contributed by atoms with van der Waals surface area (Å²) in [5.74, 6) is 2.16. The van der Waals surface area contributed by atoms with Crippen molar-refractivity contribution in [3.8, 4) is 5.75 Å². The van der Waals surface area contributed by atoms with E-state index in [0.717, 1.165) is 11.6 Å². The Morgan fingerprint density at radius 2 is 2.07 bits per heavy atom. The highest BCUT2D eigenvalue weighted by molar-refractivity contribution is 14.0. The summed E-state index contributed by atoms with van der Waals surface area (Å²) in [5.41, 5.74) is 0.557. The van der Waals surface area contributed by atoms with Crippen LogP contribution in [0.2, 0.25) is 0 Å². The minimum atomic E-state index is -2.88. The van der Waals surface area contributed by atoms with Crippen molar-refractivity contribution in [1.29, 1.82) is 0 Å². The number of nitrogens with one attached hydrogen (secondary N) is 2. The molecular formula is C17H23F2IN6O. The molecule has 0 bridgehead atoms. The van der Waals surface area contributed by atoms with Crippen LogP contribution in [-0.2, 0) is 20.1 Å². The van der Waals surface area contributed by atoms with Gasteiger partial charge < -0.3 is 19.9 Å². The Morgan fingerprint density at radius 3 is 2.70 bits per heavy atom. The zero-order valence-electron chi connectivity index (χ0n) is 15.2. The largest absolute Gasteiger partial charge is 0.434 e. The smallest absolute Gasteiger partial charge is 0.387 e. The van der Waals surface area contributed by atoms with Crippen LogP contribution in [0.25, 0.3) is 0 Å². The number of hydrogen-bond acceptors (Lipinski definition) is 4. The van der Waals surface area contributed by atoms with E-state index in [1.54, 1.807) is 24.3 Å². The third kappa shape index (κ3) is 7.12. The number of guanidine groups is 1. The van der Waals surface area contributed by atoms with Gasteiger partial charge in [0.15, 0.2) is 11.8 Å². The SMILES string of the molecule is C=CCNC(=NCc1ccccc1OC(F)F)NCc1nnc(C)n1C.I. The van der Waals surface area contributed by atoms with E-state index in [1.165, 1.54) is 6.07 Å². The second-order valence-electron chi connectivity index (χ2n) is 5.40. The predicted molar refractivity (Wildman–Crippen MR) is 110 cm³/mol. The maximum Gasteiger partial charge on any atom is 0.387 e. The monoisotopic (exact) mass is 492 g/mol. The van der Waals surface area contributed by atoms with E-state index in [0.29, 0.717) is 24.6 Å². The van der Waals surface area contributed by atoms with Crippen molar-refractivity contribution in [2.45, 2.75) is 26.6 Å². The highest BCUT2D eigenvalue weighted by Crippen LogP contribution is 2.20. The number of nitrogens with zero attached hydrogens (tertiary/aromatic N) is 4. The minimum absolute atomic E-state index is 0. The third-order valence-corrected chi connectivity index (χ3v) is 3.61. The molecule has 0 spiro atoms. The van der Waals surface area contributed by atoms with Crippen molar-refractivity contribution in [3.05, 3.63) is 54.1 Å². The van der Waals surface area contributed by atoms with Crippen molar-refractivity contribution in [2.24, 2.45) is 12.0 Å². The molecule has 2 N–H and O–H groups in total. The van der Waals surface area contributed by atoms with Gasteiger partial charge >= 0.3 is 6.61 Å². The molecular weight excluding hydrogens is 469 g/mol. The van der Waals surface area contributed by atoms with Crippen molar-refractivity contribution in [2.75, 3.05) is 6.54 Å². The predicted octanol–water partition coefficient (Wildman–Crippen LogP) is 2.76. The van der Waals surface area contributed by atoms with Crippen molar-refractivity contribution in [1.82, 2.24) is 25.4 Å². The number of alkyl halides is 2. The molecule has 0 aliphatic heterocycles. The summed E-state index contributed by atoms with van der Waals surface area (Å²) in [6, 6.07) is 6.56. The lowest BCUT2D eigenvalue weighted by Crippen LogP contribution is -2.37. The van der Waals surface area contributed by atoms with E-state index in [4.69, 9.17) is 0 Å². The van der Waals surface area contributed by atoms with Crippen LogP contribution in [0.15, 0.2) is 41.9 Å². The van der Waals surface area contributed by atoms with Crippen molar-refractivity contribution >= 4 is 29.9 Å². The fraction of sp³-hybridized carbons (Fsp3) is 0.353. The van der Waals surface area contributed by atoms with Crippen LogP contribution in [0.5, 0.6) is 5.75 Å². The zero-order chi connectivity index (χ0) is 18.9. The molecule has 0 fully saturated rings. The van der Waals surface area contributed by atoms with Gasteiger partial charge in [0.25, 0.3) is 0 Å². The number of benzene rings is 1. The molecule has 2 rings (SSSR count). The molecule has 0 atom stereocenters. The summed E-state index contributed by atoms with van der Waals surface area (Å²) in [5, 5.41) is 14.3. The van der Waals surface area contributed by atoms with Gasteiger partial charge in [-0.15, -0.1) is 40.8 Å². The second-order valence-corrected chi connectivity index (χ2v) is 5.40. The molecule has 2 aromatic rings. The molecule has 0 aliphatic carbocycles. The van der Waals surface area contributed by atoms with Gasteiger partial charge in [-0.2, -0.15) is 8.78 Å². The molecule has 0 unspecified atom stereocenters. The lowest BCUT2D eigenvalue weighted by atomic mass is 10.2. The van der Waals surface area contributed by atoms with Crippen molar-refractivity contribution < 1.29 is 13.5 Å². The molecule has 148 valence electrons. The van der Waals surface area contributed by atoms with Crippen LogP contribution in [0, 0.1) is 6.92 Å². The summed E-state index contributed by atoms with van der Waals surface area (Å²) in [4.78, 5) is 4.42. The minimum Gasteiger partial charge on any atom is -0.434 e. The highest BCUT2D eigenvalue weighted by Gasteiger charge is 2.10. The molecule has 0 saturated heterocycles. The summed E-state index contributed by atoms with van der Waals surface area (Å²) in [6.07, 6.45) is 1.69. The Balaban J connectivity index is 0.00000364. The van der Waals surface area contributed by atoms with E-state index >= 15 is 0 Å². The molecule has 0 amide bonds. The number of aromatic nitrogens is 3. The molecule has 7 nitrogen and oxygen atoms in total. The van der Waals surface area contributed by atoms with Crippen LogP contribution in [0.3, 0.4) is 0 Å². The first-order valence-corrected chi connectivity index (χ1v) is 8.02. The highest BCUT2D eigenvalue weighted by atomic mass is 127. The van der Waals surface area contributed by atoms with Crippen LogP contribution >= 0.6 is 24.0 Å². The van der Waals surface area contributed by atoms with Gasteiger partial charge in [-0.3, -0.25) is 0 Å². The molecule has 0 aliphatic rings. The average Bonchev–Trinajstić information content (AvgIpc) is 2.93. The van der Waals surface area contributed by atoms with Gasteiger partial charge in [0, 0.05) is 19.2 Å². The van der Waals surface area contributed by atoms with Crippen LogP contribution in [-0.4, -0.2) is 33.9 Å². The van der Waals surface area contributed by atoms with E-state index in [2.05, 4.69) is 37.1 Å². The number of aliphatic imine (C=N–C) groups is 1. The molecule has 0 saturated carbocycles. The van der Waals surface area contributed by atoms with Gasteiger partial charge in [-0.25, -0.2) is 4.99 Å². The van der Waals surface area contributed by atoms with Gasteiger partial charge in [0.2, 0.25) is 0 Å². The summed E-state index contributed by atoms with van der Waals surface area (Å²) < 4.78 is 31.4. The first-order valence-electron chi connectivity index (χ1n) is 8.02. The average molecular weight is 492 g/mol. The molecule has 1 aromatic carbocycles. The van der Waals surface area contributed by atoms with Gasteiger partial charge in [0.05, 0.1) is 13.1 Å². The Bertz CT molecular complexity index is 766. The lowest BCUT2D eigenvalue weighted by molar-refractivity contribution is -0.0504. The summed E-state index contributed by atoms with van der Waals surface area (Å²) in [7, 11) is 1.87. The number of hydrogen-bond donors (Lipinski definition) is 2. The number of ether oxygens (including phenoxy) is 1. The fourth-order valence-electron chi connectivity index (χ4n) is 2.12. The lowest BCUT2D eigenvalue weighted by Gasteiger charge is -2.12. The Labute approximate surface area is 173 Å². The van der Waals surface area contributed by atoms with E-state index in [9.17, 15) is 8.78 Å². The van der Waals surface area contributed by atoms with Crippen LogP contribution in [0.1, 0.15) is 17.2 Å². The maximum atomic E-state index is 12.5. The third-order valence-electron chi connectivity index (χ3n) is 3.61. The van der Waals surface area contributed by atoms with Crippen molar-refractivity contribution in [3.63, 3.8) is 0 Å². The van der Waals surface area contributed by atoms with Gasteiger partial charge in [-0.1, -0.05) is 24.3 Å². The Morgan fingerprint density at radius 1 is 1.33 bits per heavy atom. The van der Waals surface area contributed by atoms with E-state index in [1.807, 2.05) is 18.5 Å². The zero-order valence-corrected chi connectivity index (χ0v) is 17.5.